The summed E-state index contributed by atoms with van der Waals surface area (Å²) in [6.45, 7) is 1.52. The van der Waals surface area contributed by atoms with E-state index in [1.54, 1.807) is 0 Å². The van der Waals surface area contributed by atoms with Crippen LogP contribution in [0.15, 0.2) is 0 Å². The molecule has 0 aliphatic carbocycles. The zero-order valence-corrected chi connectivity index (χ0v) is 11.0. The molecule has 0 fully saturated rings. The summed E-state index contributed by atoms with van der Waals surface area (Å²) in [7, 11) is 0. The van der Waals surface area contributed by atoms with E-state index in [0.29, 0.717) is 0 Å². The summed E-state index contributed by atoms with van der Waals surface area (Å²) in [4.78, 5) is 0. The Bertz CT molecular complexity index is 117. The molecular formula is C4H4Br2Cl4. The molecule has 0 nitrogen and oxygen atoms in total. The Morgan fingerprint density at radius 1 is 1.10 bits per heavy atom. The van der Waals surface area contributed by atoms with E-state index in [2.05, 4.69) is 31.9 Å². The summed E-state index contributed by atoms with van der Waals surface area (Å²) in [6.07, 6.45) is 0. The Balaban J connectivity index is 4.40. The van der Waals surface area contributed by atoms with Gasteiger partial charge in [-0.2, -0.15) is 0 Å². The summed E-state index contributed by atoms with van der Waals surface area (Å²) in [5, 5.41) is 0. The Morgan fingerprint density at radius 3 is 1.40 bits per heavy atom. The Hall–Kier alpha value is 2.12. The van der Waals surface area contributed by atoms with Crippen LogP contribution in [0.25, 0.3) is 0 Å². The largest absolute Gasteiger partial charge is 0.172 e. The van der Waals surface area contributed by atoms with Gasteiger partial charge in [0.2, 0.25) is 0 Å². The minimum Gasteiger partial charge on any atom is -0.0985 e. The van der Waals surface area contributed by atoms with Crippen LogP contribution in [-0.4, -0.2) is 12.4 Å². The summed E-state index contributed by atoms with van der Waals surface area (Å²) in [5.41, 5.74) is 0. The molecule has 0 aromatic rings. The first-order chi connectivity index (χ1) is 4.19. The second-order valence-corrected chi connectivity index (χ2v) is 7.96. The average molecular weight is 354 g/mol. The number of halogens is 6. The van der Waals surface area contributed by atoms with E-state index in [9.17, 15) is 0 Å². The Morgan fingerprint density at radius 2 is 1.40 bits per heavy atom. The predicted octanol–water partition coefficient (Wildman–Crippen LogP) is 4.47. The van der Waals surface area contributed by atoms with E-state index >= 15 is 0 Å². The third-order valence-electron chi connectivity index (χ3n) is 0.859. The molecule has 0 radical (unpaired) electrons. The topological polar surface area (TPSA) is 0 Å². The van der Waals surface area contributed by atoms with Crippen molar-refractivity contribution in [3.63, 3.8) is 0 Å². The van der Waals surface area contributed by atoms with Crippen LogP contribution in [0.5, 0.6) is 0 Å². The van der Waals surface area contributed by atoms with Gasteiger partial charge < -0.3 is 0 Å². The van der Waals surface area contributed by atoms with E-state index in [1.807, 2.05) is 0 Å². The molecule has 0 spiro atoms. The van der Waals surface area contributed by atoms with Crippen LogP contribution < -0.4 is 0 Å². The van der Waals surface area contributed by atoms with Gasteiger partial charge in [0.25, 0.3) is 0 Å². The van der Waals surface area contributed by atoms with Gasteiger partial charge in [0.15, 0.2) is 4.33 Å². The zero-order valence-electron chi connectivity index (χ0n) is 4.85. The van der Waals surface area contributed by atoms with Crippen LogP contribution in [0.1, 0.15) is 6.92 Å². The van der Waals surface area contributed by atoms with Crippen molar-refractivity contribution < 1.29 is 0 Å². The van der Waals surface area contributed by atoms with E-state index in [-0.39, 0.29) is 3.74 Å². The first-order valence-electron chi connectivity index (χ1n) is 2.23. The van der Waals surface area contributed by atoms with Crippen LogP contribution in [0.4, 0.5) is 0 Å². The van der Waals surface area contributed by atoms with Gasteiger partial charge in [0.05, 0.1) is 0 Å². The molecule has 10 heavy (non-hydrogen) atoms. The minimum atomic E-state index is -1.25. The molecule has 6 heteroatoms. The van der Waals surface area contributed by atoms with Crippen molar-refractivity contribution in [1.82, 2.24) is 0 Å². The molecule has 0 aliphatic rings. The highest BCUT2D eigenvalue weighted by Gasteiger charge is 2.47. The summed E-state index contributed by atoms with van der Waals surface area (Å²) in [5.74, 6) is 0. The van der Waals surface area contributed by atoms with Gasteiger partial charge in [-0.15, -0.1) is 0 Å². The van der Waals surface area contributed by atoms with E-state index in [4.69, 9.17) is 46.4 Å². The van der Waals surface area contributed by atoms with Crippen LogP contribution in [0.2, 0.25) is 0 Å². The van der Waals surface area contributed by atoms with Crippen LogP contribution >= 0.6 is 78.3 Å². The molecule has 0 atom stereocenters. The van der Waals surface area contributed by atoms with Crippen molar-refractivity contribution >= 4 is 78.3 Å². The number of alkyl halides is 6. The quantitative estimate of drug-likeness (QED) is 0.643. The highest BCUT2D eigenvalue weighted by molar-refractivity contribution is 9.24. The first-order valence-corrected chi connectivity index (χ1v) is 5.57. The van der Waals surface area contributed by atoms with Gasteiger partial charge in [0.1, 0.15) is 8.07 Å². The van der Waals surface area contributed by atoms with Crippen molar-refractivity contribution in [2.75, 3.05) is 0 Å². The lowest BCUT2D eigenvalue weighted by atomic mass is 10.3. The normalized spacial score (nSPS) is 14.4. The monoisotopic (exact) mass is 350 g/mol. The van der Waals surface area contributed by atoms with Gasteiger partial charge in [-0.25, -0.2) is 0 Å². The number of hydrogen-bond acceptors (Lipinski definition) is 0. The summed E-state index contributed by atoms with van der Waals surface area (Å²) >= 11 is 29.1. The van der Waals surface area contributed by atoms with Crippen LogP contribution in [0, 0.1) is 0 Å². The lowest BCUT2D eigenvalue weighted by molar-refractivity contribution is 0.762. The van der Waals surface area contributed by atoms with E-state index in [0.717, 1.165) is 0 Å². The molecule has 0 aromatic heterocycles. The molecule has 0 amide bonds. The van der Waals surface area contributed by atoms with Crippen LogP contribution in [-0.2, 0) is 0 Å². The van der Waals surface area contributed by atoms with E-state index < -0.39 is 8.67 Å². The molecule has 0 heterocycles. The van der Waals surface area contributed by atoms with Crippen molar-refractivity contribution in [2.45, 2.75) is 19.3 Å². The fourth-order valence-corrected chi connectivity index (χ4v) is 1.85. The SMILES string of the molecule is CC(Cl)(Cl)C(Cl)(Cl)C(Br)Br. The van der Waals surface area contributed by atoms with Crippen molar-refractivity contribution in [2.24, 2.45) is 0 Å². The smallest absolute Gasteiger partial charge is 0.0985 e. The molecular weight excluding hydrogens is 350 g/mol. The average Bonchev–Trinajstić information content (AvgIpc) is 1.62. The van der Waals surface area contributed by atoms with Gasteiger partial charge in [-0.05, 0) is 6.92 Å². The van der Waals surface area contributed by atoms with Crippen LogP contribution in [0.3, 0.4) is 0 Å². The maximum absolute atomic E-state index is 5.76. The second kappa shape index (κ2) is 3.89. The second-order valence-electron chi connectivity index (χ2n) is 1.81. The van der Waals surface area contributed by atoms with Gasteiger partial charge in [-0.3, -0.25) is 0 Å². The van der Waals surface area contributed by atoms with Gasteiger partial charge in [-0.1, -0.05) is 78.3 Å². The van der Waals surface area contributed by atoms with Crippen molar-refractivity contribution in [3.8, 4) is 0 Å². The Labute approximate surface area is 96.8 Å². The summed E-state index contributed by atoms with van der Waals surface area (Å²) in [6, 6.07) is 0. The molecule has 0 bridgehead atoms. The molecule has 0 rings (SSSR count). The standard InChI is InChI=1S/C4H4Br2Cl4/c1-3(7,8)4(9,10)2(5)6/h2H,1H3. The number of rotatable bonds is 2. The van der Waals surface area contributed by atoms with Gasteiger partial charge in [0, 0.05) is 0 Å². The molecule has 62 valence electrons. The first kappa shape index (κ1) is 12.1. The highest BCUT2D eigenvalue weighted by atomic mass is 79.9. The lowest BCUT2D eigenvalue weighted by Gasteiger charge is -2.30. The fourth-order valence-electron chi connectivity index (χ4n) is 0.192. The lowest BCUT2D eigenvalue weighted by Crippen LogP contribution is -2.38. The van der Waals surface area contributed by atoms with Crippen molar-refractivity contribution in [3.05, 3.63) is 0 Å². The highest BCUT2D eigenvalue weighted by Crippen LogP contribution is 2.48. The van der Waals surface area contributed by atoms with E-state index in [1.165, 1.54) is 6.92 Å². The zero-order chi connectivity index (χ0) is 8.58. The summed E-state index contributed by atoms with van der Waals surface area (Å²) < 4.78 is -2.81. The molecule has 0 saturated heterocycles. The minimum absolute atomic E-state index is 0.351. The molecule has 0 aromatic carbocycles. The molecule has 0 saturated carbocycles. The third-order valence-corrected chi connectivity index (χ3v) is 5.46. The predicted molar refractivity (Wildman–Crippen MR) is 56.2 cm³/mol. The Kier molecular flexibility index (Phi) is 4.71. The molecule has 0 unspecified atom stereocenters. The third kappa shape index (κ3) is 2.87. The van der Waals surface area contributed by atoms with Gasteiger partial charge >= 0.3 is 0 Å². The molecule has 0 N–H and O–H groups in total. The molecule has 0 aliphatic heterocycles. The maximum Gasteiger partial charge on any atom is 0.172 e. The number of hydrogen-bond donors (Lipinski definition) is 0. The van der Waals surface area contributed by atoms with Crippen molar-refractivity contribution in [1.29, 1.82) is 0 Å². The fraction of sp³-hybridized carbons (Fsp3) is 1.00. The maximum atomic E-state index is 5.76.